The third-order valence-corrected chi connectivity index (χ3v) is 5.70. The molecule has 2 aromatic rings. The summed E-state index contributed by atoms with van der Waals surface area (Å²) < 4.78 is 7.26. The summed E-state index contributed by atoms with van der Waals surface area (Å²) in [6, 6.07) is 8.21. The number of aryl methyl sites for hydroxylation is 1. The summed E-state index contributed by atoms with van der Waals surface area (Å²) in [5.74, 6) is 0.0199. The summed E-state index contributed by atoms with van der Waals surface area (Å²) >= 11 is 1.46. The van der Waals surface area contributed by atoms with Gasteiger partial charge in [0.2, 0.25) is 11.1 Å². The van der Waals surface area contributed by atoms with Crippen molar-refractivity contribution < 1.29 is 9.53 Å². The summed E-state index contributed by atoms with van der Waals surface area (Å²) in [4.78, 5) is 12.6. The molecule has 0 aliphatic carbocycles. The molecule has 7 nitrogen and oxygen atoms in total. The van der Waals surface area contributed by atoms with Gasteiger partial charge in [0.15, 0.2) is 0 Å². The normalized spacial score (nSPS) is 21.8. The zero-order valence-electron chi connectivity index (χ0n) is 13.2. The minimum absolute atomic E-state index is 0.0199. The number of rotatable bonds is 3. The average Bonchev–Trinajstić information content (AvgIpc) is 3.02. The fourth-order valence-corrected chi connectivity index (χ4v) is 4.19. The Balaban J connectivity index is 1.50. The van der Waals surface area contributed by atoms with E-state index < -0.39 is 0 Å². The fourth-order valence-electron chi connectivity index (χ4n) is 3.15. The van der Waals surface area contributed by atoms with Gasteiger partial charge in [0.1, 0.15) is 0 Å². The first-order chi connectivity index (χ1) is 11.8. The second-order valence-electron chi connectivity index (χ2n) is 6.04. The molecule has 1 N–H and O–H groups in total. The number of hydrogen-bond donors (Lipinski definition) is 1. The molecule has 1 amide bonds. The molecule has 0 spiro atoms. The van der Waals surface area contributed by atoms with E-state index in [4.69, 9.17) is 4.74 Å². The predicted octanol–water partition coefficient (Wildman–Crippen LogP) is 2.07. The number of ether oxygens (including phenoxy) is 1. The number of anilines is 1. The first-order valence-corrected chi connectivity index (χ1v) is 9.10. The number of hydrogen-bond acceptors (Lipinski definition) is 6. The van der Waals surface area contributed by atoms with Crippen molar-refractivity contribution in [1.82, 2.24) is 20.2 Å². The molecule has 0 saturated carbocycles. The maximum absolute atomic E-state index is 12.6. The van der Waals surface area contributed by atoms with E-state index in [-0.39, 0.29) is 17.2 Å². The highest BCUT2D eigenvalue weighted by molar-refractivity contribution is 8.00. The number of para-hydroxylation sites is 1. The highest BCUT2D eigenvalue weighted by atomic mass is 32.2. The second kappa shape index (κ2) is 6.90. The number of amides is 1. The van der Waals surface area contributed by atoms with Crippen LogP contribution in [-0.4, -0.2) is 44.6 Å². The Morgan fingerprint density at radius 2 is 2.04 bits per heavy atom. The molecule has 2 aliphatic heterocycles. The van der Waals surface area contributed by atoms with Crippen LogP contribution in [0, 0.1) is 0 Å². The summed E-state index contributed by atoms with van der Waals surface area (Å²) in [6.07, 6.45) is 3.45. The number of nitrogens with one attached hydrogen (secondary N) is 1. The molecule has 0 radical (unpaired) electrons. The molecule has 8 heteroatoms. The number of carbonyl (C=O) groups excluding carboxylic acids is 1. The topological polar surface area (TPSA) is 81.9 Å². The van der Waals surface area contributed by atoms with Gasteiger partial charge in [-0.3, -0.25) is 4.79 Å². The van der Waals surface area contributed by atoms with Crippen LogP contribution in [-0.2, 0) is 16.0 Å². The SMILES string of the molecule is O=C1Nc2ccccc2CC[C@H]1Sc1nnnn1C1CCOCC1. The van der Waals surface area contributed by atoms with E-state index in [1.807, 2.05) is 22.9 Å². The standard InChI is InChI=1S/C16H19N5O2S/c22-15-14(6-5-11-3-1-2-4-13(11)17-15)24-16-18-19-20-21(16)12-7-9-23-10-8-12/h1-4,12,14H,5-10H2,(H,17,22)/t14-/m1/s1. The van der Waals surface area contributed by atoms with Crippen molar-refractivity contribution in [1.29, 1.82) is 0 Å². The van der Waals surface area contributed by atoms with Crippen LogP contribution in [0.5, 0.6) is 0 Å². The van der Waals surface area contributed by atoms with Crippen LogP contribution >= 0.6 is 11.8 Å². The Morgan fingerprint density at radius 3 is 2.92 bits per heavy atom. The number of thioether (sulfide) groups is 1. The molecular weight excluding hydrogens is 326 g/mol. The monoisotopic (exact) mass is 345 g/mol. The van der Waals surface area contributed by atoms with E-state index in [9.17, 15) is 4.79 Å². The lowest BCUT2D eigenvalue weighted by Crippen LogP contribution is -2.25. The van der Waals surface area contributed by atoms with Crippen LogP contribution in [0.4, 0.5) is 5.69 Å². The largest absolute Gasteiger partial charge is 0.381 e. The first-order valence-electron chi connectivity index (χ1n) is 8.22. The molecule has 1 atom stereocenters. The van der Waals surface area contributed by atoms with Gasteiger partial charge in [0.05, 0.1) is 11.3 Å². The third-order valence-electron chi connectivity index (χ3n) is 4.49. The van der Waals surface area contributed by atoms with Crippen molar-refractivity contribution >= 4 is 23.4 Å². The molecule has 1 fully saturated rings. The zero-order chi connectivity index (χ0) is 16.4. The molecule has 3 heterocycles. The van der Waals surface area contributed by atoms with E-state index in [0.29, 0.717) is 5.16 Å². The van der Waals surface area contributed by atoms with Gasteiger partial charge >= 0.3 is 0 Å². The van der Waals surface area contributed by atoms with Gasteiger partial charge in [-0.15, -0.1) is 5.10 Å². The molecular formula is C16H19N5O2S. The van der Waals surface area contributed by atoms with Crippen LogP contribution in [0.1, 0.15) is 30.9 Å². The Morgan fingerprint density at radius 1 is 1.21 bits per heavy atom. The Bertz CT molecular complexity index is 729. The maximum Gasteiger partial charge on any atom is 0.237 e. The quantitative estimate of drug-likeness (QED) is 0.917. The van der Waals surface area contributed by atoms with Crippen molar-refractivity contribution in [3.05, 3.63) is 29.8 Å². The molecule has 1 saturated heterocycles. The van der Waals surface area contributed by atoms with E-state index in [2.05, 4.69) is 26.9 Å². The van der Waals surface area contributed by atoms with E-state index >= 15 is 0 Å². The molecule has 1 aromatic carbocycles. The van der Waals surface area contributed by atoms with Gasteiger partial charge < -0.3 is 10.1 Å². The smallest absolute Gasteiger partial charge is 0.237 e. The van der Waals surface area contributed by atoms with Gasteiger partial charge in [-0.1, -0.05) is 30.0 Å². The Kier molecular flexibility index (Phi) is 4.48. The van der Waals surface area contributed by atoms with Gasteiger partial charge in [0.25, 0.3) is 0 Å². The zero-order valence-corrected chi connectivity index (χ0v) is 14.0. The number of nitrogens with zero attached hydrogens (tertiary/aromatic N) is 4. The van der Waals surface area contributed by atoms with E-state index in [1.165, 1.54) is 17.3 Å². The van der Waals surface area contributed by atoms with Crippen LogP contribution in [0.3, 0.4) is 0 Å². The lowest BCUT2D eigenvalue weighted by molar-refractivity contribution is -0.115. The van der Waals surface area contributed by atoms with Crippen LogP contribution in [0.15, 0.2) is 29.4 Å². The van der Waals surface area contributed by atoms with Crippen molar-refractivity contribution in [2.45, 2.75) is 42.1 Å². The predicted molar refractivity (Wildman–Crippen MR) is 89.9 cm³/mol. The molecule has 0 bridgehead atoms. The summed E-state index contributed by atoms with van der Waals surface area (Å²) in [5, 5.41) is 15.7. The number of benzene rings is 1. The Labute approximate surface area is 144 Å². The highest BCUT2D eigenvalue weighted by Gasteiger charge is 2.28. The first kappa shape index (κ1) is 15.6. The number of tetrazole rings is 1. The third kappa shape index (κ3) is 3.16. The number of aromatic nitrogens is 4. The van der Waals surface area contributed by atoms with Crippen molar-refractivity contribution in [2.75, 3.05) is 18.5 Å². The maximum atomic E-state index is 12.6. The van der Waals surface area contributed by atoms with Gasteiger partial charge in [0, 0.05) is 18.9 Å². The minimum Gasteiger partial charge on any atom is -0.381 e. The van der Waals surface area contributed by atoms with Gasteiger partial charge in [-0.25, -0.2) is 4.68 Å². The summed E-state index contributed by atoms with van der Waals surface area (Å²) in [7, 11) is 0. The van der Waals surface area contributed by atoms with Crippen LogP contribution in [0.25, 0.3) is 0 Å². The lowest BCUT2D eigenvalue weighted by Gasteiger charge is -2.23. The fraction of sp³-hybridized carbons (Fsp3) is 0.500. The average molecular weight is 345 g/mol. The number of fused-ring (bicyclic) bond motifs is 1. The summed E-state index contributed by atoms with van der Waals surface area (Å²) in [6.45, 7) is 1.46. The van der Waals surface area contributed by atoms with E-state index in [1.54, 1.807) is 0 Å². The number of carbonyl (C=O) groups is 1. The highest BCUT2D eigenvalue weighted by Crippen LogP contribution is 2.32. The molecule has 0 unspecified atom stereocenters. The summed E-state index contributed by atoms with van der Waals surface area (Å²) in [5.41, 5.74) is 2.09. The van der Waals surface area contributed by atoms with Crippen molar-refractivity contribution in [3.8, 4) is 0 Å². The Hall–Kier alpha value is -1.93. The molecule has 2 aliphatic rings. The molecule has 24 heavy (non-hydrogen) atoms. The van der Waals surface area contributed by atoms with Gasteiger partial charge in [-0.05, 0) is 47.7 Å². The van der Waals surface area contributed by atoms with Crippen molar-refractivity contribution in [3.63, 3.8) is 0 Å². The van der Waals surface area contributed by atoms with Gasteiger partial charge in [-0.2, -0.15) is 0 Å². The van der Waals surface area contributed by atoms with Crippen LogP contribution < -0.4 is 5.32 Å². The molecule has 1 aromatic heterocycles. The minimum atomic E-state index is -0.193. The molecule has 4 rings (SSSR count). The van der Waals surface area contributed by atoms with E-state index in [0.717, 1.165) is 44.6 Å². The lowest BCUT2D eigenvalue weighted by atomic mass is 10.1. The van der Waals surface area contributed by atoms with Crippen molar-refractivity contribution in [2.24, 2.45) is 0 Å². The van der Waals surface area contributed by atoms with Crippen LogP contribution in [0.2, 0.25) is 0 Å². The second-order valence-corrected chi connectivity index (χ2v) is 7.21. The molecule has 126 valence electrons.